The van der Waals surface area contributed by atoms with E-state index in [0.717, 1.165) is 17.7 Å². The maximum Gasteiger partial charge on any atom is 0.270 e. The Morgan fingerprint density at radius 1 is 1.14 bits per heavy atom. The Balaban J connectivity index is 1.45. The van der Waals surface area contributed by atoms with Gasteiger partial charge in [-0.2, -0.15) is 0 Å². The van der Waals surface area contributed by atoms with Crippen molar-refractivity contribution in [1.82, 2.24) is 10.3 Å². The molecule has 1 amide bonds. The van der Waals surface area contributed by atoms with E-state index >= 15 is 0 Å². The van der Waals surface area contributed by atoms with Crippen LogP contribution in [-0.2, 0) is 4.79 Å². The first-order valence-corrected chi connectivity index (χ1v) is 8.99. The lowest BCUT2D eigenvalue weighted by Crippen LogP contribution is -2.40. The fourth-order valence-corrected chi connectivity index (χ4v) is 2.73. The van der Waals surface area contributed by atoms with Crippen LogP contribution in [0.5, 0.6) is 17.2 Å². The van der Waals surface area contributed by atoms with E-state index in [9.17, 15) is 4.79 Å². The molecule has 0 spiro atoms. The Bertz CT molecular complexity index is 954. The van der Waals surface area contributed by atoms with Crippen molar-refractivity contribution in [2.24, 2.45) is 0 Å². The van der Waals surface area contributed by atoms with Gasteiger partial charge in [0.25, 0.3) is 5.91 Å². The zero-order chi connectivity index (χ0) is 19.3. The van der Waals surface area contributed by atoms with E-state index < -0.39 is 12.0 Å². The summed E-state index contributed by atoms with van der Waals surface area (Å²) >= 11 is 0. The predicted molar refractivity (Wildman–Crippen MR) is 101 cm³/mol. The molecule has 0 unspecified atom stereocenters. The summed E-state index contributed by atoms with van der Waals surface area (Å²) in [5, 5.41) is 10.4. The van der Waals surface area contributed by atoms with Gasteiger partial charge in [0.2, 0.25) is 11.9 Å². The highest BCUT2D eigenvalue weighted by Crippen LogP contribution is 2.32. The van der Waals surface area contributed by atoms with Crippen molar-refractivity contribution in [2.45, 2.75) is 19.4 Å². The molecule has 144 valence electrons. The highest BCUT2D eigenvalue weighted by atomic mass is 16.6. The molecule has 0 saturated heterocycles. The second-order valence-corrected chi connectivity index (χ2v) is 6.19. The number of anilines is 1. The molecule has 0 bridgehead atoms. The monoisotopic (exact) mass is 381 g/mol. The number of carbonyl (C=O) groups excluding carboxylic acids is 1. The van der Waals surface area contributed by atoms with Gasteiger partial charge in [-0.05, 0) is 53.1 Å². The van der Waals surface area contributed by atoms with Gasteiger partial charge in [-0.25, -0.2) is 4.63 Å². The summed E-state index contributed by atoms with van der Waals surface area (Å²) in [7, 11) is 0. The maximum absolute atomic E-state index is 12.6. The number of fused-ring (bicyclic) bond motifs is 1. The molecule has 2 aromatic carbocycles. The number of hydrogen-bond acceptors (Lipinski definition) is 7. The predicted octanol–water partition coefficient (Wildman–Crippen LogP) is 3.30. The average Bonchev–Trinajstić information content (AvgIpc) is 3.20. The van der Waals surface area contributed by atoms with E-state index in [2.05, 4.69) is 15.6 Å². The summed E-state index contributed by atoms with van der Waals surface area (Å²) in [6.07, 6.45) is 0.131. The molecule has 1 aliphatic rings. The van der Waals surface area contributed by atoms with Gasteiger partial charge in [0, 0.05) is 5.56 Å². The lowest BCUT2D eigenvalue weighted by molar-refractivity contribution is -0.125. The van der Waals surface area contributed by atoms with Gasteiger partial charge in [0.15, 0.2) is 17.2 Å². The minimum absolute atomic E-state index is 0.104. The number of carbonyl (C=O) groups is 1. The van der Waals surface area contributed by atoms with Crippen molar-refractivity contribution in [3.63, 3.8) is 0 Å². The first-order chi connectivity index (χ1) is 13.7. The van der Waals surface area contributed by atoms with Gasteiger partial charge in [-0.3, -0.25) is 4.79 Å². The molecule has 8 heteroatoms. The lowest BCUT2D eigenvalue weighted by atomic mass is 10.1. The van der Waals surface area contributed by atoms with Gasteiger partial charge in [0.05, 0.1) is 6.61 Å². The molecule has 28 heavy (non-hydrogen) atoms. The Morgan fingerprint density at radius 2 is 1.93 bits per heavy atom. The van der Waals surface area contributed by atoms with Crippen LogP contribution in [0.4, 0.5) is 5.82 Å². The Labute approximate surface area is 161 Å². The Hall–Kier alpha value is -3.55. The molecule has 2 heterocycles. The number of benzene rings is 2. The number of rotatable bonds is 6. The standard InChI is InChI=1S/C20H19N3O5/c1-2-11-25-14-9-7-13(8-10-14)18-19(23-28-22-18)21-20(24)17-12-26-15-5-3-4-6-16(15)27-17/h3-10,17H,2,11-12H2,1H3,(H,21,23,24)/t17-/m1/s1. The van der Waals surface area contributed by atoms with E-state index in [0.29, 0.717) is 23.8 Å². The van der Waals surface area contributed by atoms with Crippen molar-refractivity contribution >= 4 is 11.7 Å². The van der Waals surface area contributed by atoms with Gasteiger partial charge >= 0.3 is 0 Å². The molecule has 3 aromatic rings. The minimum atomic E-state index is -0.802. The van der Waals surface area contributed by atoms with Crippen molar-refractivity contribution in [3.05, 3.63) is 48.5 Å². The van der Waals surface area contributed by atoms with Crippen molar-refractivity contribution in [1.29, 1.82) is 0 Å². The zero-order valence-corrected chi connectivity index (χ0v) is 15.3. The van der Waals surface area contributed by atoms with E-state index in [4.69, 9.17) is 18.8 Å². The van der Waals surface area contributed by atoms with Crippen LogP contribution in [-0.4, -0.2) is 35.5 Å². The third-order valence-corrected chi connectivity index (χ3v) is 4.13. The average molecular weight is 381 g/mol. The number of para-hydroxylation sites is 2. The number of nitrogens with one attached hydrogen (secondary N) is 1. The SMILES string of the molecule is CCCOc1ccc(-c2nonc2NC(=O)[C@H]2COc3ccccc3O2)cc1. The van der Waals surface area contributed by atoms with Crippen LogP contribution in [0.15, 0.2) is 53.2 Å². The maximum atomic E-state index is 12.6. The topological polar surface area (TPSA) is 95.7 Å². The molecule has 1 aliphatic heterocycles. The van der Waals surface area contributed by atoms with Crippen LogP contribution in [0.3, 0.4) is 0 Å². The quantitative estimate of drug-likeness (QED) is 0.700. The van der Waals surface area contributed by atoms with Crippen molar-refractivity contribution in [2.75, 3.05) is 18.5 Å². The van der Waals surface area contributed by atoms with Crippen LogP contribution in [0.1, 0.15) is 13.3 Å². The molecule has 4 rings (SSSR count). The number of hydrogen-bond donors (Lipinski definition) is 1. The second kappa shape index (κ2) is 7.99. The van der Waals surface area contributed by atoms with Gasteiger partial charge in [-0.1, -0.05) is 19.1 Å². The van der Waals surface area contributed by atoms with E-state index in [1.807, 2.05) is 43.3 Å². The molecule has 0 fully saturated rings. The van der Waals surface area contributed by atoms with E-state index in [1.165, 1.54) is 0 Å². The Kier molecular flexibility index (Phi) is 5.09. The van der Waals surface area contributed by atoms with Crippen LogP contribution in [0, 0.1) is 0 Å². The molecule has 8 nitrogen and oxygen atoms in total. The number of amides is 1. The summed E-state index contributed by atoms with van der Waals surface area (Å²) in [5.41, 5.74) is 1.17. The van der Waals surface area contributed by atoms with Crippen LogP contribution in [0.2, 0.25) is 0 Å². The fraction of sp³-hybridized carbons (Fsp3) is 0.250. The molecular formula is C20H19N3O5. The van der Waals surface area contributed by atoms with Crippen molar-refractivity contribution in [3.8, 4) is 28.5 Å². The third-order valence-electron chi connectivity index (χ3n) is 4.13. The van der Waals surface area contributed by atoms with Crippen LogP contribution >= 0.6 is 0 Å². The molecule has 1 N–H and O–H groups in total. The summed E-state index contributed by atoms with van der Waals surface area (Å²) in [4.78, 5) is 12.6. The second-order valence-electron chi connectivity index (χ2n) is 6.19. The number of nitrogens with zero attached hydrogens (tertiary/aromatic N) is 2. The molecule has 0 saturated carbocycles. The van der Waals surface area contributed by atoms with Crippen LogP contribution < -0.4 is 19.5 Å². The van der Waals surface area contributed by atoms with E-state index in [-0.39, 0.29) is 12.4 Å². The first kappa shape index (κ1) is 17.8. The van der Waals surface area contributed by atoms with Gasteiger partial charge in [-0.15, -0.1) is 0 Å². The summed E-state index contributed by atoms with van der Waals surface area (Å²) in [6, 6.07) is 14.5. The first-order valence-electron chi connectivity index (χ1n) is 8.99. The highest BCUT2D eigenvalue weighted by Gasteiger charge is 2.29. The Morgan fingerprint density at radius 3 is 2.71 bits per heavy atom. The molecule has 0 aliphatic carbocycles. The lowest BCUT2D eigenvalue weighted by Gasteiger charge is -2.25. The van der Waals surface area contributed by atoms with Crippen molar-refractivity contribution < 1.29 is 23.6 Å². The smallest absolute Gasteiger partial charge is 0.270 e. The summed E-state index contributed by atoms with van der Waals surface area (Å²) in [5.74, 6) is 1.72. The molecule has 0 radical (unpaired) electrons. The largest absolute Gasteiger partial charge is 0.494 e. The minimum Gasteiger partial charge on any atom is -0.494 e. The normalized spacial score (nSPS) is 15.1. The highest BCUT2D eigenvalue weighted by molar-refractivity contribution is 5.96. The van der Waals surface area contributed by atoms with Crippen LogP contribution in [0.25, 0.3) is 11.3 Å². The third kappa shape index (κ3) is 3.75. The van der Waals surface area contributed by atoms with Gasteiger partial charge in [0.1, 0.15) is 12.4 Å². The summed E-state index contributed by atoms with van der Waals surface area (Å²) < 4.78 is 21.7. The fourth-order valence-electron chi connectivity index (χ4n) is 2.73. The zero-order valence-electron chi connectivity index (χ0n) is 15.3. The molecule has 1 atom stereocenters. The van der Waals surface area contributed by atoms with E-state index in [1.54, 1.807) is 12.1 Å². The molecular weight excluding hydrogens is 362 g/mol. The summed E-state index contributed by atoms with van der Waals surface area (Å²) in [6.45, 7) is 2.80. The van der Waals surface area contributed by atoms with Gasteiger partial charge < -0.3 is 19.5 Å². The molecule has 1 aromatic heterocycles. The number of aromatic nitrogens is 2. The number of ether oxygens (including phenoxy) is 3.